The molecule has 1 saturated heterocycles. The van der Waals surface area contributed by atoms with Crippen molar-refractivity contribution in [2.24, 2.45) is 0 Å². The van der Waals surface area contributed by atoms with Gasteiger partial charge in [0.2, 0.25) is 5.13 Å². The van der Waals surface area contributed by atoms with Gasteiger partial charge in [0, 0.05) is 28.7 Å². The maximum absolute atomic E-state index is 13.4. The number of rotatable bonds is 11. The summed E-state index contributed by atoms with van der Waals surface area (Å²) in [6.07, 6.45) is 6.17. The maximum atomic E-state index is 13.4. The highest BCUT2D eigenvalue weighted by Crippen LogP contribution is 2.44. The van der Waals surface area contributed by atoms with Crippen LogP contribution in [0.4, 0.5) is 5.13 Å². The first-order valence-electron chi connectivity index (χ1n) is 13.1. The number of thioether (sulfide) groups is 1. The number of ketones is 1. The fourth-order valence-corrected chi connectivity index (χ4v) is 6.57. The van der Waals surface area contributed by atoms with E-state index < -0.39 is 17.7 Å². The molecule has 3 heterocycles. The summed E-state index contributed by atoms with van der Waals surface area (Å²) in [7, 11) is 0. The summed E-state index contributed by atoms with van der Waals surface area (Å²) in [4.78, 5) is 32.1. The molecule has 0 bridgehead atoms. The zero-order valence-electron chi connectivity index (χ0n) is 22.2. The van der Waals surface area contributed by atoms with Crippen molar-refractivity contribution in [1.82, 2.24) is 15.2 Å². The standard InChI is InChI=1S/C30H27ClN4O4S2/c1-2-3-6-17-39-22-11-9-19(10-12-22)25-24(26(36)20-13-15-32-16-14-20)27(37)28(38)35(25)29-33-34-30(41-29)40-18-21-7-4-5-8-23(21)31/h4-5,7-16,25,36H,2-3,6,17-18H2,1H3/b26-24+. The first-order chi connectivity index (χ1) is 20.0. The van der Waals surface area contributed by atoms with E-state index in [1.807, 2.05) is 24.3 Å². The Morgan fingerprint density at radius 3 is 2.54 bits per heavy atom. The van der Waals surface area contributed by atoms with Crippen molar-refractivity contribution in [3.05, 3.63) is 100 Å². The van der Waals surface area contributed by atoms with Crippen LogP contribution in [0.2, 0.25) is 5.02 Å². The Labute approximate surface area is 251 Å². The lowest BCUT2D eigenvalue weighted by Gasteiger charge is -2.22. The molecular weight excluding hydrogens is 580 g/mol. The van der Waals surface area contributed by atoms with Gasteiger partial charge < -0.3 is 9.84 Å². The number of Topliss-reactive ketones (excluding diaryl/α,β-unsaturated/α-hetero) is 1. The van der Waals surface area contributed by atoms with Crippen LogP contribution in [-0.4, -0.2) is 38.6 Å². The average molecular weight is 607 g/mol. The van der Waals surface area contributed by atoms with Gasteiger partial charge in [0.15, 0.2) is 4.34 Å². The third-order valence-corrected chi connectivity index (χ3v) is 8.99. The number of unbranched alkanes of at least 4 members (excludes halogenated alkanes) is 2. The lowest BCUT2D eigenvalue weighted by atomic mass is 9.95. The number of aromatic nitrogens is 3. The lowest BCUT2D eigenvalue weighted by molar-refractivity contribution is -0.132. The van der Waals surface area contributed by atoms with Gasteiger partial charge in [-0.3, -0.25) is 19.5 Å². The quantitative estimate of drug-likeness (QED) is 0.0482. The number of anilines is 1. The molecule has 0 saturated carbocycles. The molecule has 1 atom stereocenters. The second-order valence-electron chi connectivity index (χ2n) is 9.26. The third-order valence-electron chi connectivity index (χ3n) is 6.52. The van der Waals surface area contributed by atoms with Crippen LogP contribution in [0.5, 0.6) is 5.75 Å². The summed E-state index contributed by atoms with van der Waals surface area (Å²) in [6.45, 7) is 2.74. The van der Waals surface area contributed by atoms with E-state index >= 15 is 0 Å². The molecule has 0 radical (unpaired) electrons. The van der Waals surface area contributed by atoms with Crippen LogP contribution in [0, 0.1) is 0 Å². The number of ether oxygens (including phenoxy) is 1. The van der Waals surface area contributed by atoms with E-state index in [9.17, 15) is 14.7 Å². The number of hydrogen-bond donors (Lipinski definition) is 1. The molecule has 1 N–H and O–H groups in total. The summed E-state index contributed by atoms with van der Waals surface area (Å²) in [5.41, 5.74) is 1.93. The molecule has 0 spiro atoms. The van der Waals surface area contributed by atoms with Crippen molar-refractivity contribution in [1.29, 1.82) is 0 Å². The van der Waals surface area contributed by atoms with Crippen molar-refractivity contribution < 1.29 is 19.4 Å². The average Bonchev–Trinajstić information content (AvgIpc) is 3.57. The number of hydrogen-bond acceptors (Lipinski definition) is 9. The molecule has 2 aromatic heterocycles. The number of amides is 1. The van der Waals surface area contributed by atoms with E-state index in [0.717, 1.165) is 24.8 Å². The smallest absolute Gasteiger partial charge is 0.301 e. The lowest BCUT2D eigenvalue weighted by Crippen LogP contribution is -2.29. The number of pyridine rings is 1. The highest BCUT2D eigenvalue weighted by Gasteiger charge is 2.48. The van der Waals surface area contributed by atoms with Crippen LogP contribution in [0.3, 0.4) is 0 Å². The topological polar surface area (TPSA) is 106 Å². The van der Waals surface area contributed by atoms with Gasteiger partial charge in [0.25, 0.3) is 5.78 Å². The van der Waals surface area contributed by atoms with E-state index in [-0.39, 0.29) is 16.5 Å². The molecule has 41 heavy (non-hydrogen) atoms. The largest absolute Gasteiger partial charge is 0.507 e. The van der Waals surface area contributed by atoms with E-state index in [1.165, 1.54) is 40.4 Å². The van der Waals surface area contributed by atoms with Gasteiger partial charge in [0.1, 0.15) is 11.5 Å². The maximum Gasteiger partial charge on any atom is 0.301 e. The van der Waals surface area contributed by atoms with E-state index in [1.54, 1.807) is 36.4 Å². The second kappa shape index (κ2) is 13.3. The molecule has 0 aliphatic carbocycles. The zero-order chi connectivity index (χ0) is 28.8. The van der Waals surface area contributed by atoms with Gasteiger partial charge in [-0.05, 0) is 47.9 Å². The number of aliphatic hydroxyl groups excluding tert-OH is 1. The van der Waals surface area contributed by atoms with Gasteiger partial charge in [-0.15, -0.1) is 10.2 Å². The molecule has 11 heteroatoms. The van der Waals surface area contributed by atoms with E-state index in [2.05, 4.69) is 22.1 Å². The first-order valence-corrected chi connectivity index (χ1v) is 15.3. The minimum Gasteiger partial charge on any atom is -0.507 e. The normalized spacial score (nSPS) is 16.3. The summed E-state index contributed by atoms with van der Waals surface area (Å²) in [6, 6.07) is 17.0. The monoisotopic (exact) mass is 606 g/mol. The molecule has 1 unspecified atom stereocenters. The Hall–Kier alpha value is -3.73. The van der Waals surface area contributed by atoms with Crippen molar-refractivity contribution in [3.8, 4) is 5.75 Å². The first kappa shape index (κ1) is 28.8. The van der Waals surface area contributed by atoms with Crippen molar-refractivity contribution in [2.45, 2.75) is 42.3 Å². The molecule has 5 rings (SSSR count). The van der Waals surface area contributed by atoms with Crippen LogP contribution in [0.25, 0.3) is 5.76 Å². The van der Waals surface area contributed by atoms with Crippen LogP contribution in [-0.2, 0) is 15.3 Å². The predicted molar refractivity (Wildman–Crippen MR) is 161 cm³/mol. The SMILES string of the molecule is CCCCCOc1ccc(C2/C(=C(\O)c3ccncc3)C(=O)C(=O)N2c2nnc(SCc3ccccc3Cl)s2)cc1. The van der Waals surface area contributed by atoms with Crippen LogP contribution in [0.1, 0.15) is 48.9 Å². The number of carbonyl (C=O) groups is 2. The molecule has 8 nitrogen and oxygen atoms in total. The fraction of sp³-hybridized carbons (Fsp3) is 0.233. The predicted octanol–water partition coefficient (Wildman–Crippen LogP) is 7.07. The van der Waals surface area contributed by atoms with E-state index in [0.29, 0.717) is 38.6 Å². The Morgan fingerprint density at radius 2 is 1.80 bits per heavy atom. The van der Waals surface area contributed by atoms with Crippen molar-refractivity contribution in [2.75, 3.05) is 11.5 Å². The Morgan fingerprint density at radius 1 is 1.05 bits per heavy atom. The molecule has 210 valence electrons. The number of halogens is 1. The summed E-state index contributed by atoms with van der Waals surface area (Å²) in [5, 5.41) is 20.7. The van der Waals surface area contributed by atoms with Crippen molar-refractivity contribution in [3.63, 3.8) is 0 Å². The van der Waals surface area contributed by atoms with Gasteiger partial charge in [-0.25, -0.2) is 0 Å². The molecular formula is C30H27ClN4O4S2. The van der Waals surface area contributed by atoms with E-state index in [4.69, 9.17) is 16.3 Å². The number of aliphatic hydroxyl groups is 1. The summed E-state index contributed by atoms with van der Waals surface area (Å²) in [5.74, 6) is -0.617. The molecule has 1 fully saturated rings. The third kappa shape index (κ3) is 6.45. The summed E-state index contributed by atoms with van der Waals surface area (Å²) >= 11 is 8.93. The Bertz CT molecular complexity index is 1560. The number of benzene rings is 2. The minimum atomic E-state index is -0.910. The van der Waals surface area contributed by atoms with Gasteiger partial charge >= 0.3 is 5.91 Å². The Kier molecular flexibility index (Phi) is 9.33. The Balaban J connectivity index is 1.48. The highest BCUT2D eigenvalue weighted by atomic mass is 35.5. The van der Waals surface area contributed by atoms with Gasteiger partial charge in [0.05, 0.1) is 18.2 Å². The zero-order valence-corrected chi connectivity index (χ0v) is 24.6. The highest BCUT2D eigenvalue weighted by molar-refractivity contribution is 8.00. The van der Waals surface area contributed by atoms with Crippen molar-refractivity contribution >= 4 is 57.3 Å². The molecule has 4 aromatic rings. The fourth-order valence-electron chi connectivity index (χ4n) is 4.41. The molecule has 1 aliphatic heterocycles. The van der Waals surface area contributed by atoms with Crippen LogP contribution >= 0.6 is 34.7 Å². The molecule has 1 aliphatic rings. The molecule has 2 aromatic carbocycles. The minimum absolute atomic E-state index is 0.0294. The van der Waals surface area contributed by atoms with Crippen LogP contribution < -0.4 is 9.64 Å². The second-order valence-corrected chi connectivity index (χ2v) is 11.8. The van der Waals surface area contributed by atoms with Gasteiger partial charge in [-0.2, -0.15) is 0 Å². The van der Waals surface area contributed by atoms with Gasteiger partial charge in [-0.1, -0.05) is 84.8 Å². The molecule has 1 amide bonds. The number of nitrogens with zero attached hydrogens (tertiary/aromatic N) is 4. The number of carbonyl (C=O) groups excluding carboxylic acids is 2. The summed E-state index contributed by atoms with van der Waals surface area (Å²) < 4.78 is 6.47. The van der Waals surface area contributed by atoms with Crippen LogP contribution in [0.15, 0.2) is 83.0 Å².